The second-order valence-electron chi connectivity index (χ2n) is 4.45. The summed E-state index contributed by atoms with van der Waals surface area (Å²) in [7, 11) is 1.24. The molecule has 5 nitrogen and oxygen atoms in total. The lowest BCUT2D eigenvalue weighted by Crippen LogP contribution is -2.11. The molecule has 0 bridgehead atoms. The van der Waals surface area contributed by atoms with Crippen LogP contribution in [-0.4, -0.2) is 29.5 Å². The van der Waals surface area contributed by atoms with Crippen molar-refractivity contribution in [2.24, 2.45) is 0 Å². The minimum absolute atomic E-state index is 0.0166. The van der Waals surface area contributed by atoms with Gasteiger partial charge in [-0.3, -0.25) is 10.1 Å². The standard InChI is InChI=1S/C14H11F3N2O3S2/c1-7-10(12(21)22-2)23-13(18-7)19-11(20)8-3-5-9(6-4-8)24-14(15,16)17/h3-6H,1-2H3,(H,18,19,20). The van der Waals surface area contributed by atoms with Gasteiger partial charge in [-0.2, -0.15) is 13.2 Å². The molecule has 24 heavy (non-hydrogen) atoms. The zero-order valence-electron chi connectivity index (χ0n) is 12.4. The predicted molar refractivity (Wildman–Crippen MR) is 84.5 cm³/mol. The largest absolute Gasteiger partial charge is 0.465 e. The van der Waals surface area contributed by atoms with Gasteiger partial charge in [0, 0.05) is 10.5 Å². The van der Waals surface area contributed by atoms with E-state index in [1.807, 2.05) is 0 Å². The van der Waals surface area contributed by atoms with Crippen LogP contribution in [0.3, 0.4) is 0 Å². The van der Waals surface area contributed by atoms with E-state index in [0.29, 0.717) is 5.69 Å². The fourth-order valence-corrected chi connectivity index (χ4v) is 3.13. The van der Waals surface area contributed by atoms with Crippen LogP contribution in [0.2, 0.25) is 0 Å². The molecule has 0 radical (unpaired) electrons. The van der Waals surface area contributed by atoms with Crippen LogP contribution in [-0.2, 0) is 4.74 Å². The summed E-state index contributed by atoms with van der Waals surface area (Å²) in [6.07, 6.45) is 0. The maximum absolute atomic E-state index is 12.3. The van der Waals surface area contributed by atoms with Crippen molar-refractivity contribution in [3.8, 4) is 0 Å². The number of halogens is 3. The van der Waals surface area contributed by atoms with Gasteiger partial charge in [-0.15, -0.1) is 0 Å². The van der Waals surface area contributed by atoms with Crippen LogP contribution >= 0.6 is 23.1 Å². The highest BCUT2D eigenvalue weighted by Crippen LogP contribution is 2.36. The van der Waals surface area contributed by atoms with Crippen LogP contribution in [0.4, 0.5) is 18.3 Å². The van der Waals surface area contributed by atoms with Crippen molar-refractivity contribution >= 4 is 40.1 Å². The van der Waals surface area contributed by atoms with Crippen LogP contribution in [0.15, 0.2) is 29.2 Å². The molecule has 0 saturated heterocycles. The number of anilines is 1. The molecule has 0 unspecified atom stereocenters. The summed E-state index contributed by atoms with van der Waals surface area (Å²) in [5.74, 6) is -1.09. The number of thioether (sulfide) groups is 1. The minimum atomic E-state index is -4.38. The number of aryl methyl sites for hydroxylation is 1. The maximum atomic E-state index is 12.3. The van der Waals surface area contributed by atoms with Crippen LogP contribution in [0.25, 0.3) is 0 Å². The van der Waals surface area contributed by atoms with Crippen molar-refractivity contribution in [3.63, 3.8) is 0 Å². The van der Waals surface area contributed by atoms with Gasteiger partial charge in [0.05, 0.1) is 12.8 Å². The Hall–Kier alpha value is -2.07. The Labute approximate surface area is 143 Å². The Morgan fingerprint density at radius 1 is 1.25 bits per heavy atom. The van der Waals surface area contributed by atoms with Crippen molar-refractivity contribution in [3.05, 3.63) is 40.4 Å². The maximum Gasteiger partial charge on any atom is 0.446 e. The van der Waals surface area contributed by atoms with E-state index in [9.17, 15) is 22.8 Å². The fraction of sp³-hybridized carbons (Fsp3) is 0.214. The lowest BCUT2D eigenvalue weighted by molar-refractivity contribution is -0.0328. The highest BCUT2D eigenvalue weighted by atomic mass is 32.2. The molecule has 1 aromatic heterocycles. The summed E-state index contributed by atoms with van der Waals surface area (Å²) in [6, 6.07) is 4.98. The number of hydrogen-bond donors (Lipinski definition) is 1. The normalized spacial score (nSPS) is 11.2. The number of nitrogens with zero attached hydrogens (tertiary/aromatic N) is 1. The first-order valence-electron chi connectivity index (χ1n) is 6.42. The van der Waals surface area contributed by atoms with Crippen molar-refractivity contribution in [2.75, 3.05) is 12.4 Å². The summed E-state index contributed by atoms with van der Waals surface area (Å²) in [5.41, 5.74) is -3.79. The fourth-order valence-electron chi connectivity index (χ4n) is 1.71. The number of esters is 1. The molecule has 0 aliphatic rings. The SMILES string of the molecule is COC(=O)c1sc(NC(=O)c2ccc(SC(F)(F)F)cc2)nc1C. The second-order valence-corrected chi connectivity index (χ2v) is 6.59. The van der Waals surface area contributed by atoms with Crippen LogP contribution in [0.1, 0.15) is 25.7 Å². The molecular weight excluding hydrogens is 365 g/mol. The van der Waals surface area contributed by atoms with E-state index in [0.717, 1.165) is 11.3 Å². The average molecular weight is 376 g/mol. The van der Waals surface area contributed by atoms with Gasteiger partial charge in [-0.1, -0.05) is 11.3 Å². The highest BCUT2D eigenvalue weighted by Gasteiger charge is 2.29. The van der Waals surface area contributed by atoms with Gasteiger partial charge >= 0.3 is 11.5 Å². The van der Waals surface area contributed by atoms with Crippen molar-refractivity contribution in [1.29, 1.82) is 0 Å². The number of methoxy groups -OCH3 is 1. The Morgan fingerprint density at radius 3 is 2.42 bits per heavy atom. The van der Waals surface area contributed by atoms with Gasteiger partial charge < -0.3 is 4.74 Å². The monoisotopic (exact) mass is 376 g/mol. The lowest BCUT2D eigenvalue weighted by atomic mass is 10.2. The molecule has 0 spiro atoms. The summed E-state index contributed by atoms with van der Waals surface area (Å²) in [6.45, 7) is 1.60. The number of rotatable bonds is 4. The van der Waals surface area contributed by atoms with Crippen LogP contribution in [0, 0.1) is 6.92 Å². The first-order valence-corrected chi connectivity index (χ1v) is 8.06. The van der Waals surface area contributed by atoms with E-state index in [4.69, 9.17) is 0 Å². The molecule has 1 aromatic carbocycles. The molecule has 10 heteroatoms. The van der Waals surface area contributed by atoms with E-state index in [2.05, 4.69) is 15.0 Å². The lowest BCUT2D eigenvalue weighted by Gasteiger charge is -2.06. The third kappa shape index (κ3) is 4.71. The summed E-state index contributed by atoms with van der Waals surface area (Å²) in [5, 5.41) is 2.70. The quantitative estimate of drug-likeness (QED) is 0.643. The van der Waals surface area contributed by atoms with Gasteiger partial charge in [0.2, 0.25) is 0 Å². The number of hydrogen-bond acceptors (Lipinski definition) is 6. The Kier molecular flexibility index (Phi) is 5.50. The van der Waals surface area contributed by atoms with Gasteiger partial charge in [-0.05, 0) is 43.0 Å². The number of thiazole rings is 1. The second kappa shape index (κ2) is 7.22. The van der Waals surface area contributed by atoms with Crippen molar-refractivity contribution in [1.82, 2.24) is 4.98 Å². The van der Waals surface area contributed by atoms with Crippen LogP contribution in [0.5, 0.6) is 0 Å². The molecule has 0 saturated carbocycles. The Balaban J connectivity index is 2.09. The van der Waals surface area contributed by atoms with Gasteiger partial charge in [0.25, 0.3) is 5.91 Å². The number of carbonyl (C=O) groups is 2. The number of amides is 1. The zero-order valence-corrected chi connectivity index (χ0v) is 14.1. The molecule has 1 amide bonds. The molecule has 0 fully saturated rings. The highest BCUT2D eigenvalue weighted by molar-refractivity contribution is 8.00. The summed E-state index contributed by atoms with van der Waals surface area (Å²) >= 11 is 0.698. The van der Waals surface area contributed by atoms with Crippen molar-refractivity contribution < 1.29 is 27.5 Å². The Bertz CT molecular complexity index is 758. The molecule has 128 valence electrons. The third-order valence-corrected chi connectivity index (χ3v) is 4.53. The number of nitrogens with one attached hydrogen (secondary N) is 1. The van der Waals surface area contributed by atoms with Gasteiger partial charge in [0.1, 0.15) is 4.88 Å². The smallest absolute Gasteiger partial charge is 0.446 e. The van der Waals surface area contributed by atoms with Crippen molar-refractivity contribution in [2.45, 2.75) is 17.3 Å². The van der Waals surface area contributed by atoms with E-state index < -0.39 is 17.4 Å². The number of ether oxygens (including phenoxy) is 1. The number of alkyl halides is 3. The molecule has 2 aromatic rings. The summed E-state index contributed by atoms with van der Waals surface area (Å²) in [4.78, 5) is 27.9. The minimum Gasteiger partial charge on any atom is -0.465 e. The van der Waals surface area contributed by atoms with E-state index >= 15 is 0 Å². The average Bonchev–Trinajstić information content (AvgIpc) is 2.86. The number of carbonyl (C=O) groups excluding carboxylic acids is 2. The first kappa shape index (κ1) is 18.3. The number of aromatic nitrogens is 1. The molecule has 0 aliphatic heterocycles. The Morgan fingerprint density at radius 2 is 1.88 bits per heavy atom. The molecule has 0 aliphatic carbocycles. The summed E-state index contributed by atoms with van der Waals surface area (Å²) < 4.78 is 41.4. The number of benzene rings is 1. The molecule has 1 heterocycles. The van der Waals surface area contributed by atoms with Gasteiger partial charge in [-0.25, -0.2) is 9.78 Å². The van der Waals surface area contributed by atoms with E-state index in [1.165, 1.54) is 31.4 Å². The van der Waals surface area contributed by atoms with E-state index in [1.54, 1.807) is 6.92 Å². The molecule has 2 rings (SSSR count). The molecular formula is C14H11F3N2O3S2. The third-order valence-electron chi connectivity index (χ3n) is 2.74. The predicted octanol–water partition coefficient (Wildman–Crippen LogP) is 4.10. The molecule has 1 N–H and O–H groups in total. The molecule has 0 atom stereocenters. The van der Waals surface area contributed by atoms with E-state index in [-0.39, 0.29) is 32.2 Å². The first-order chi connectivity index (χ1) is 11.2. The van der Waals surface area contributed by atoms with Crippen LogP contribution < -0.4 is 5.32 Å². The topological polar surface area (TPSA) is 68.3 Å². The zero-order chi connectivity index (χ0) is 17.9. The van der Waals surface area contributed by atoms with Gasteiger partial charge in [0.15, 0.2) is 5.13 Å².